The van der Waals surface area contributed by atoms with Crippen LogP contribution in [0.4, 0.5) is 0 Å². The molecule has 1 aliphatic heterocycles. The topological polar surface area (TPSA) is 54.3 Å². The minimum absolute atomic E-state index is 0.118. The van der Waals surface area contributed by atoms with Crippen LogP contribution in [-0.2, 0) is 7.05 Å². The first-order valence-electron chi connectivity index (χ1n) is 10.1. The van der Waals surface area contributed by atoms with Crippen LogP contribution < -0.4 is 10.9 Å². The van der Waals surface area contributed by atoms with Crippen LogP contribution in [0.15, 0.2) is 41.2 Å². The first-order chi connectivity index (χ1) is 13.4. The van der Waals surface area contributed by atoms with Crippen molar-refractivity contribution >= 4 is 5.91 Å². The number of amides is 1. The van der Waals surface area contributed by atoms with Gasteiger partial charge in [-0.15, -0.1) is 0 Å². The minimum atomic E-state index is -0.288. The van der Waals surface area contributed by atoms with Gasteiger partial charge in [0, 0.05) is 19.3 Å². The number of nitrogens with zero attached hydrogens (tertiary/aromatic N) is 2. The molecular weight excluding hydrogens is 350 g/mol. The zero-order valence-electron chi connectivity index (χ0n) is 17.4. The number of carbonyl (C=O) groups excluding carboxylic acids is 1. The molecule has 150 valence electrons. The Balaban J connectivity index is 1.80. The molecule has 0 saturated carbocycles. The molecular formula is C23H31N3O2. The zero-order chi connectivity index (χ0) is 20.3. The Morgan fingerprint density at radius 2 is 1.82 bits per heavy atom. The average molecular weight is 382 g/mol. The third-order valence-corrected chi connectivity index (χ3v) is 5.99. The van der Waals surface area contributed by atoms with E-state index in [1.54, 1.807) is 7.05 Å². The number of aromatic nitrogens is 1. The summed E-state index contributed by atoms with van der Waals surface area (Å²) in [5, 5.41) is 3.04. The summed E-state index contributed by atoms with van der Waals surface area (Å²) in [4.78, 5) is 27.9. The Labute approximate surface area is 167 Å². The molecule has 2 aromatic rings. The second kappa shape index (κ2) is 8.74. The van der Waals surface area contributed by atoms with Crippen LogP contribution in [0.1, 0.15) is 53.0 Å². The van der Waals surface area contributed by atoms with Crippen molar-refractivity contribution in [3.63, 3.8) is 0 Å². The summed E-state index contributed by atoms with van der Waals surface area (Å²) < 4.78 is 1.53. The summed E-state index contributed by atoms with van der Waals surface area (Å²) >= 11 is 0. The standard InChI is InChI=1S/C23H31N3O2/c1-16-10-12-26(13-11-16)20(19-8-6-5-7-9-19)15-24-22(27)21-17(2)14-18(3)25(4)23(21)28/h5-9,14,16,20H,10-13,15H2,1-4H3,(H,24,27). The van der Waals surface area contributed by atoms with Crippen LogP contribution in [0.3, 0.4) is 0 Å². The van der Waals surface area contributed by atoms with Gasteiger partial charge in [0.15, 0.2) is 0 Å². The van der Waals surface area contributed by atoms with Crippen LogP contribution in [0, 0.1) is 19.8 Å². The second-order valence-electron chi connectivity index (χ2n) is 8.06. The van der Waals surface area contributed by atoms with Gasteiger partial charge in [-0.05, 0) is 62.9 Å². The Morgan fingerprint density at radius 1 is 1.18 bits per heavy atom. The van der Waals surface area contributed by atoms with Gasteiger partial charge in [-0.3, -0.25) is 14.5 Å². The van der Waals surface area contributed by atoms with Crippen molar-refractivity contribution in [1.29, 1.82) is 0 Å². The predicted molar refractivity (Wildman–Crippen MR) is 113 cm³/mol. The van der Waals surface area contributed by atoms with Crippen molar-refractivity contribution in [3.05, 3.63) is 69.1 Å². The lowest BCUT2D eigenvalue weighted by Crippen LogP contribution is -2.43. The summed E-state index contributed by atoms with van der Waals surface area (Å²) in [6.45, 7) is 8.55. The van der Waals surface area contributed by atoms with Crippen LogP contribution in [0.25, 0.3) is 0 Å². The van der Waals surface area contributed by atoms with Gasteiger partial charge in [0.2, 0.25) is 0 Å². The van der Waals surface area contributed by atoms with E-state index in [1.807, 2.05) is 38.1 Å². The fraction of sp³-hybridized carbons (Fsp3) is 0.478. The molecule has 3 rings (SSSR count). The van der Waals surface area contributed by atoms with Gasteiger partial charge in [0.05, 0.1) is 6.04 Å². The molecule has 1 amide bonds. The molecule has 1 unspecified atom stereocenters. The minimum Gasteiger partial charge on any atom is -0.350 e. The first kappa shape index (κ1) is 20.3. The number of hydrogen-bond donors (Lipinski definition) is 1. The molecule has 0 radical (unpaired) electrons. The number of piperidine rings is 1. The first-order valence-corrected chi connectivity index (χ1v) is 10.1. The van der Waals surface area contributed by atoms with Crippen molar-refractivity contribution in [2.45, 2.75) is 39.7 Å². The van der Waals surface area contributed by atoms with Crippen molar-refractivity contribution in [1.82, 2.24) is 14.8 Å². The van der Waals surface area contributed by atoms with E-state index in [0.29, 0.717) is 6.54 Å². The molecule has 1 atom stereocenters. The number of aryl methyl sites for hydroxylation is 2. The molecule has 0 bridgehead atoms. The van der Waals surface area contributed by atoms with E-state index >= 15 is 0 Å². The van der Waals surface area contributed by atoms with E-state index in [0.717, 1.165) is 30.3 Å². The third kappa shape index (κ3) is 4.36. The highest BCUT2D eigenvalue weighted by Crippen LogP contribution is 2.26. The number of rotatable bonds is 5. The van der Waals surface area contributed by atoms with Gasteiger partial charge >= 0.3 is 0 Å². The SMILES string of the molecule is Cc1cc(C)n(C)c(=O)c1C(=O)NCC(c1ccccc1)N1CCC(C)CC1. The molecule has 1 aromatic carbocycles. The van der Waals surface area contributed by atoms with Crippen LogP contribution in [0.5, 0.6) is 0 Å². The maximum atomic E-state index is 12.9. The summed E-state index contributed by atoms with van der Waals surface area (Å²) in [5.41, 5.74) is 2.78. The van der Waals surface area contributed by atoms with Crippen molar-refractivity contribution in [2.24, 2.45) is 13.0 Å². The van der Waals surface area contributed by atoms with Gasteiger partial charge < -0.3 is 9.88 Å². The monoisotopic (exact) mass is 381 g/mol. The molecule has 1 aromatic heterocycles. The fourth-order valence-corrected chi connectivity index (χ4v) is 4.01. The van der Waals surface area contributed by atoms with E-state index in [9.17, 15) is 9.59 Å². The molecule has 0 spiro atoms. The maximum absolute atomic E-state index is 12.9. The normalized spacial score (nSPS) is 16.7. The molecule has 28 heavy (non-hydrogen) atoms. The Morgan fingerprint density at radius 3 is 2.46 bits per heavy atom. The van der Waals surface area contributed by atoms with Gasteiger partial charge in [0.1, 0.15) is 5.56 Å². The molecule has 1 saturated heterocycles. The number of nitrogens with one attached hydrogen (secondary N) is 1. The number of hydrogen-bond acceptors (Lipinski definition) is 3. The molecule has 1 fully saturated rings. The highest BCUT2D eigenvalue weighted by molar-refractivity contribution is 5.95. The summed E-state index contributed by atoms with van der Waals surface area (Å²) in [6, 6.07) is 12.3. The molecule has 5 heteroatoms. The lowest BCUT2D eigenvalue weighted by atomic mass is 9.95. The average Bonchev–Trinajstić information content (AvgIpc) is 2.68. The summed E-state index contributed by atoms with van der Waals surface area (Å²) in [6.07, 6.45) is 2.35. The summed E-state index contributed by atoms with van der Waals surface area (Å²) in [5.74, 6) is 0.463. The van der Waals surface area contributed by atoms with Gasteiger partial charge in [-0.1, -0.05) is 37.3 Å². The van der Waals surface area contributed by atoms with E-state index < -0.39 is 0 Å². The lowest BCUT2D eigenvalue weighted by molar-refractivity contribution is 0.0910. The Kier molecular flexibility index (Phi) is 6.35. The molecule has 1 N–H and O–H groups in total. The third-order valence-electron chi connectivity index (χ3n) is 5.99. The van der Waals surface area contributed by atoms with Crippen LogP contribution in [0.2, 0.25) is 0 Å². The smallest absolute Gasteiger partial charge is 0.263 e. The molecule has 2 heterocycles. The quantitative estimate of drug-likeness (QED) is 0.865. The van der Waals surface area contributed by atoms with E-state index in [1.165, 1.54) is 23.0 Å². The number of likely N-dealkylation sites (tertiary alicyclic amines) is 1. The number of carbonyl (C=O) groups is 1. The molecule has 0 aliphatic carbocycles. The Bertz CT molecular complexity index is 881. The lowest BCUT2D eigenvalue weighted by Gasteiger charge is -2.37. The summed E-state index contributed by atoms with van der Waals surface area (Å²) in [7, 11) is 1.70. The second-order valence-corrected chi connectivity index (χ2v) is 8.06. The van der Waals surface area contributed by atoms with Crippen LogP contribution >= 0.6 is 0 Å². The Hall–Kier alpha value is -2.40. The maximum Gasteiger partial charge on any atom is 0.263 e. The van der Waals surface area contributed by atoms with Gasteiger partial charge in [-0.25, -0.2) is 0 Å². The van der Waals surface area contributed by atoms with Crippen molar-refractivity contribution in [2.75, 3.05) is 19.6 Å². The highest BCUT2D eigenvalue weighted by Gasteiger charge is 2.26. The van der Waals surface area contributed by atoms with Crippen molar-refractivity contribution in [3.8, 4) is 0 Å². The zero-order valence-corrected chi connectivity index (χ0v) is 17.4. The van der Waals surface area contributed by atoms with E-state index in [2.05, 4.69) is 29.3 Å². The number of benzene rings is 1. The van der Waals surface area contributed by atoms with E-state index in [-0.39, 0.29) is 23.1 Å². The molecule has 1 aliphatic rings. The van der Waals surface area contributed by atoms with Crippen molar-refractivity contribution < 1.29 is 4.79 Å². The largest absolute Gasteiger partial charge is 0.350 e. The number of pyridine rings is 1. The van der Waals surface area contributed by atoms with E-state index in [4.69, 9.17) is 0 Å². The van der Waals surface area contributed by atoms with Gasteiger partial charge in [-0.2, -0.15) is 0 Å². The van der Waals surface area contributed by atoms with Gasteiger partial charge in [0.25, 0.3) is 11.5 Å². The molecule has 5 nitrogen and oxygen atoms in total. The van der Waals surface area contributed by atoms with Crippen LogP contribution in [-0.4, -0.2) is 35.0 Å². The fourth-order valence-electron chi connectivity index (χ4n) is 4.01. The highest BCUT2D eigenvalue weighted by atomic mass is 16.2. The predicted octanol–water partition coefficient (Wildman–Crippen LogP) is 3.21.